The normalized spacial score (nSPS) is 17.5. The molecule has 0 saturated carbocycles. The number of hydrogen-bond acceptors (Lipinski definition) is 4. The second-order valence-corrected chi connectivity index (χ2v) is 7.07. The first-order chi connectivity index (χ1) is 10.3. The maximum Gasteiger partial charge on any atom is 0.309 e. The van der Waals surface area contributed by atoms with Gasteiger partial charge in [-0.3, -0.25) is 4.90 Å². The van der Waals surface area contributed by atoms with Gasteiger partial charge in [-0.15, -0.1) is 0 Å². The number of ether oxygens (including phenoxy) is 1. The molecule has 22 heavy (non-hydrogen) atoms. The number of aliphatic hydroxyl groups is 1. The number of morpholine rings is 1. The Kier molecular flexibility index (Phi) is 5.67. The molecule has 1 fully saturated rings. The molecule has 122 valence electrons. The Bertz CT molecular complexity index is 479. The van der Waals surface area contributed by atoms with Gasteiger partial charge in [-0.25, -0.2) is 0 Å². The zero-order valence-electron chi connectivity index (χ0n) is 14.3. The molecule has 0 radical (unpaired) electrons. The lowest BCUT2D eigenvalue weighted by molar-refractivity contribution is -0.0893. The fourth-order valence-electron chi connectivity index (χ4n) is 2.28. The van der Waals surface area contributed by atoms with E-state index < -0.39 is 11.2 Å². The quantitative estimate of drug-likeness (QED) is 0.798. The monoisotopic (exact) mass is 305 g/mol. The minimum Gasteiger partial charge on any atom is -0.427 e. The Morgan fingerprint density at radius 3 is 2.55 bits per heavy atom. The van der Waals surface area contributed by atoms with Crippen LogP contribution >= 0.6 is 0 Å². The SMILES string of the molecule is CC(C)(O)C(C)(C)OBc1cccc(CN2CCOCC2)c1. The fourth-order valence-corrected chi connectivity index (χ4v) is 2.28. The molecule has 1 saturated heterocycles. The molecule has 1 heterocycles. The van der Waals surface area contributed by atoms with Gasteiger partial charge < -0.3 is 14.5 Å². The van der Waals surface area contributed by atoms with Crippen molar-refractivity contribution in [3.63, 3.8) is 0 Å². The molecule has 0 bridgehead atoms. The Hall–Kier alpha value is -0.875. The molecule has 1 aliphatic heterocycles. The minimum absolute atomic E-state index is 0.508. The van der Waals surface area contributed by atoms with E-state index in [2.05, 4.69) is 29.2 Å². The molecule has 1 aliphatic rings. The average molecular weight is 305 g/mol. The van der Waals surface area contributed by atoms with Crippen molar-refractivity contribution < 1.29 is 14.5 Å². The van der Waals surface area contributed by atoms with Gasteiger partial charge in [0, 0.05) is 19.6 Å². The molecule has 1 aromatic carbocycles. The third kappa shape index (κ3) is 4.81. The van der Waals surface area contributed by atoms with Crippen LogP contribution in [0.2, 0.25) is 0 Å². The van der Waals surface area contributed by atoms with Gasteiger partial charge in [-0.05, 0) is 33.3 Å². The standard InChI is InChI=1S/C17H28BNO3/c1-16(2,20)17(3,4)22-18-15-7-5-6-14(12-15)13-19-8-10-21-11-9-19/h5-7,12,18,20H,8-11,13H2,1-4H3. The first-order valence-corrected chi connectivity index (χ1v) is 8.02. The molecule has 0 aromatic heterocycles. The Balaban J connectivity index is 1.93. The van der Waals surface area contributed by atoms with E-state index in [9.17, 15) is 5.11 Å². The summed E-state index contributed by atoms with van der Waals surface area (Å²) >= 11 is 0. The highest BCUT2D eigenvalue weighted by Crippen LogP contribution is 2.24. The third-order valence-electron chi connectivity index (χ3n) is 4.57. The molecular weight excluding hydrogens is 277 g/mol. The third-order valence-corrected chi connectivity index (χ3v) is 4.57. The molecule has 1 aromatic rings. The largest absolute Gasteiger partial charge is 0.427 e. The summed E-state index contributed by atoms with van der Waals surface area (Å²) in [6.45, 7) is 12.0. The zero-order chi connectivity index (χ0) is 16.2. The van der Waals surface area contributed by atoms with Crippen LogP contribution in [0.3, 0.4) is 0 Å². The van der Waals surface area contributed by atoms with Crippen LogP contribution in [-0.2, 0) is 15.9 Å². The van der Waals surface area contributed by atoms with E-state index in [-0.39, 0.29) is 0 Å². The number of rotatable bonds is 6. The average Bonchev–Trinajstić information content (AvgIpc) is 2.46. The number of hydrogen-bond donors (Lipinski definition) is 1. The van der Waals surface area contributed by atoms with Gasteiger partial charge in [0.1, 0.15) is 0 Å². The lowest BCUT2D eigenvalue weighted by Crippen LogP contribution is -2.49. The first-order valence-electron chi connectivity index (χ1n) is 8.02. The Labute approximate surface area is 134 Å². The zero-order valence-corrected chi connectivity index (χ0v) is 14.3. The summed E-state index contributed by atoms with van der Waals surface area (Å²) in [6, 6.07) is 8.49. The lowest BCUT2D eigenvalue weighted by Gasteiger charge is -2.37. The highest BCUT2D eigenvalue weighted by molar-refractivity contribution is 6.47. The summed E-state index contributed by atoms with van der Waals surface area (Å²) in [7, 11) is 0.508. The van der Waals surface area contributed by atoms with E-state index in [1.807, 2.05) is 13.8 Å². The van der Waals surface area contributed by atoms with Crippen molar-refractivity contribution in [2.24, 2.45) is 0 Å². The van der Waals surface area contributed by atoms with Gasteiger partial charge in [0.25, 0.3) is 0 Å². The van der Waals surface area contributed by atoms with Crippen LogP contribution in [0.15, 0.2) is 24.3 Å². The van der Waals surface area contributed by atoms with Crippen LogP contribution < -0.4 is 5.46 Å². The van der Waals surface area contributed by atoms with E-state index in [1.54, 1.807) is 13.8 Å². The Morgan fingerprint density at radius 2 is 1.91 bits per heavy atom. The van der Waals surface area contributed by atoms with E-state index in [0.717, 1.165) is 38.3 Å². The molecule has 2 rings (SSSR count). The molecule has 0 amide bonds. The predicted molar refractivity (Wildman–Crippen MR) is 90.8 cm³/mol. The van der Waals surface area contributed by atoms with Crippen LogP contribution in [0.1, 0.15) is 33.3 Å². The summed E-state index contributed by atoms with van der Waals surface area (Å²) in [6.07, 6.45) is 0. The van der Waals surface area contributed by atoms with Crippen molar-refractivity contribution in [2.75, 3.05) is 26.3 Å². The summed E-state index contributed by atoms with van der Waals surface area (Å²) in [5.41, 5.74) is 0.971. The molecular formula is C17H28BNO3. The van der Waals surface area contributed by atoms with Crippen molar-refractivity contribution in [1.82, 2.24) is 4.90 Å². The molecule has 0 atom stereocenters. The Morgan fingerprint density at radius 1 is 1.23 bits per heavy atom. The van der Waals surface area contributed by atoms with Gasteiger partial charge in [-0.1, -0.05) is 29.7 Å². The maximum atomic E-state index is 10.2. The second-order valence-electron chi connectivity index (χ2n) is 7.07. The smallest absolute Gasteiger partial charge is 0.309 e. The number of benzene rings is 1. The lowest BCUT2D eigenvalue weighted by atomic mass is 9.82. The van der Waals surface area contributed by atoms with Crippen molar-refractivity contribution in [1.29, 1.82) is 0 Å². The molecule has 5 heteroatoms. The second kappa shape index (κ2) is 7.13. The first kappa shape index (κ1) is 17.5. The van der Waals surface area contributed by atoms with E-state index >= 15 is 0 Å². The van der Waals surface area contributed by atoms with Gasteiger partial charge in [0.15, 0.2) is 0 Å². The molecule has 0 unspecified atom stereocenters. The van der Waals surface area contributed by atoms with E-state index in [1.165, 1.54) is 5.56 Å². The van der Waals surface area contributed by atoms with Gasteiger partial charge >= 0.3 is 7.48 Å². The highest BCUT2D eigenvalue weighted by Gasteiger charge is 2.35. The van der Waals surface area contributed by atoms with Gasteiger partial charge in [0.2, 0.25) is 0 Å². The minimum atomic E-state index is -0.877. The van der Waals surface area contributed by atoms with E-state index in [4.69, 9.17) is 9.39 Å². The maximum absolute atomic E-state index is 10.2. The van der Waals surface area contributed by atoms with Crippen LogP contribution in [-0.4, -0.2) is 55.0 Å². The summed E-state index contributed by atoms with van der Waals surface area (Å²) in [4.78, 5) is 2.41. The number of nitrogens with zero attached hydrogens (tertiary/aromatic N) is 1. The topological polar surface area (TPSA) is 41.9 Å². The van der Waals surface area contributed by atoms with Gasteiger partial charge in [0.05, 0.1) is 24.4 Å². The molecule has 4 nitrogen and oxygen atoms in total. The van der Waals surface area contributed by atoms with Crippen LogP contribution in [0.25, 0.3) is 0 Å². The van der Waals surface area contributed by atoms with Crippen molar-refractivity contribution in [3.8, 4) is 0 Å². The molecule has 0 aliphatic carbocycles. The highest BCUT2D eigenvalue weighted by atomic mass is 16.5. The van der Waals surface area contributed by atoms with Crippen molar-refractivity contribution in [3.05, 3.63) is 29.8 Å². The van der Waals surface area contributed by atoms with E-state index in [0.29, 0.717) is 7.48 Å². The van der Waals surface area contributed by atoms with Crippen molar-refractivity contribution in [2.45, 2.75) is 45.4 Å². The fraction of sp³-hybridized carbons (Fsp3) is 0.647. The van der Waals surface area contributed by atoms with Crippen molar-refractivity contribution >= 4 is 12.9 Å². The summed E-state index contributed by atoms with van der Waals surface area (Å²) in [5.74, 6) is 0. The van der Waals surface area contributed by atoms with Crippen LogP contribution in [0, 0.1) is 0 Å². The molecule has 1 N–H and O–H groups in total. The van der Waals surface area contributed by atoms with Crippen LogP contribution in [0.4, 0.5) is 0 Å². The molecule has 0 spiro atoms. The summed E-state index contributed by atoms with van der Waals surface area (Å²) < 4.78 is 11.3. The summed E-state index contributed by atoms with van der Waals surface area (Å²) in [5, 5.41) is 10.2. The van der Waals surface area contributed by atoms with Crippen LogP contribution in [0.5, 0.6) is 0 Å². The van der Waals surface area contributed by atoms with Gasteiger partial charge in [-0.2, -0.15) is 0 Å². The predicted octanol–water partition coefficient (Wildman–Crippen LogP) is 1.06.